The summed E-state index contributed by atoms with van der Waals surface area (Å²) < 4.78 is 5.20. The lowest BCUT2D eigenvalue weighted by molar-refractivity contribution is 0.0739. The molecule has 1 aliphatic rings. The molecule has 1 aromatic heterocycles. The molecule has 7 nitrogen and oxygen atoms in total. The molecule has 27 heavy (non-hydrogen) atoms. The van der Waals surface area contributed by atoms with Crippen LogP contribution in [0.1, 0.15) is 30.3 Å². The summed E-state index contributed by atoms with van der Waals surface area (Å²) in [5, 5.41) is 11.4. The van der Waals surface area contributed by atoms with E-state index in [1.54, 1.807) is 13.2 Å². The first-order valence-electron chi connectivity index (χ1n) is 9.47. The zero-order chi connectivity index (χ0) is 19.1. The Hall–Kier alpha value is -2.83. The summed E-state index contributed by atoms with van der Waals surface area (Å²) in [6, 6.07) is 11.6. The van der Waals surface area contributed by atoms with E-state index in [9.17, 15) is 4.79 Å². The van der Waals surface area contributed by atoms with E-state index in [0.29, 0.717) is 24.6 Å². The number of anilines is 2. The van der Waals surface area contributed by atoms with Gasteiger partial charge >= 0.3 is 0 Å². The topological polar surface area (TPSA) is 70.6 Å². The summed E-state index contributed by atoms with van der Waals surface area (Å²) in [5.74, 6) is 1.50. The molecule has 0 spiro atoms. The average Bonchev–Trinajstić information content (AvgIpc) is 2.74. The van der Waals surface area contributed by atoms with Crippen molar-refractivity contribution < 1.29 is 9.53 Å². The van der Waals surface area contributed by atoms with Crippen molar-refractivity contribution in [2.75, 3.05) is 50.1 Å². The molecule has 0 saturated carbocycles. The van der Waals surface area contributed by atoms with Crippen LogP contribution in [0.5, 0.6) is 5.75 Å². The number of nitrogens with one attached hydrogen (secondary N) is 1. The quantitative estimate of drug-likeness (QED) is 0.757. The van der Waals surface area contributed by atoms with E-state index in [4.69, 9.17) is 4.74 Å². The fourth-order valence-corrected chi connectivity index (χ4v) is 3.06. The Bertz CT molecular complexity index is 725. The highest BCUT2D eigenvalue weighted by Gasteiger charge is 2.23. The number of nitrogens with zero attached hydrogens (tertiary/aromatic N) is 4. The third kappa shape index (κ3) is 4.87. The number of amides is 1. The Morgan fingerprint density at radius 2 is 1.81 bits per heavy atom. The Balaban J connectivity index is 1.53. The fraction of sp³-hybridized carbons (Fsp3) is 0.450. The molecule has 1 amide bonds. The molecule has 3 rings (SSSR count). The maximum absolute atomic E-state index is 12.7. The first-order valence-corrected chi connectivity index (χ1v) is 9.47. The van der Waals surface area contributed by atoms with Gasteiger partial charge in [0.1, 0.15) is 11.6 Å². The van der Waals surface area contributed by atoms with Gasteiger partial charge < -0.3 is 19.9 Å². The molecule has 2 heterocycles. The lowest BCUT2D eigenvalue weighted by Gasteiger charge is -2.36. The summed E-state index contributed by atoms with van der Waals surface area (Å²) in [5.41, 5.74) is 1.54. The molecule has 1 N–H and O–H groups in total. The molecular formula is C20H27N5O2. The van der Waals surface area contributed by atoms with E-state index < -0.39 is 0 Å². The van der Waals surface area contributed by atoms with Gasteiger partial charge in [-0.3, -0.25) is 4.79 Å². The maximum atomic E-state index is 12.7. The number of piperazine rings is 1. The summed E-state index contributed by atoms with van der Waals surface area (Å²) in [7, 11) is 1.66. The molecule has 0 atom stereocenters. The molecule has 1 aromatic carbocycles. The second-order valence-electron chi connectivity index (χ2n) is 6.56. The lowest BCUT2D eigenvalue weighted by atomic mass is 10.2. The molecular weight excluding hydrogens is 342 g/mol. The van der Waals surface area contributed by atoms with Crippen molar-refractivity contribution in [3.63, 3.8) is 0 Å². The Morgan fingerprint density at radius 3 is 2.41 bits per heavy atom. The minimum absolute atomic E-state index is 0.0583. The van der Waals surface area contributed by atoms with Crippen LogP contribution in [0.15, 0.2) is 36.4 Å². The molecule has 144 valence electrons. The highest BCUT2D eigenvalue weighted by molar-refractivity contribution is 5.92. The molecule has 1 fully saturated rings. The minimum Gasteiger partial charge on any atom is -0.497 e. The summed E-state index contributed by atoms with van der Waals surface area (Å²) in [6.07, 6.45) is 2.21. The Kier molecular flexibility index (Phi) is 6.46. The first kappa shape index (κ1) is 18.9. The van der Waals surface area contributed by atoms with Gasteiger partial charge in [0.2, 0.25) is 0 Å². The van der Waals surface area contributed by atoms with Crippen LogP contribution >= 0.6 is 0 Å². The van der Waals surface area contributed by atoms with Gasteiger partial charge in [-0.15, -0.1) is 10.2 Å². The molecule has 1 saturated heterocycles. The van der Waals surface area contributed by atoms with Crippen molar-refractivity contribution in [3.8, 4) is 5.75 Å². The van der Waals surface area contributed by atoms with E-state index in [0.717, 1.165) is 43.9 Å². The highest BCUT2D eigenvalue weighted by atomic mass is 16.5. The van der Waals surface area contributed by atoms with Gasteiger partial charge in [0.15, 0.2) is 5.69 Å². The SMILES string of the molecule is CCCCNc1ccc(C(=O)N2CCN(c3ccc(OC)cc3)CC2)nn1. The van der Waals surface area contributed by atoms with Crippen LogP contribution in [0.25, 0.3) is 0 Å². The number of carbonyl (C=O) groups is 1. The van der Waals surface area contributed by atoms with E-state index >= 15 is 0 Å². The third-order valence-electron chi connectivity index (χ3n) is 4.72. The number of benzene rings is 1. The molecule has 2 aromatic rings. The molecule has 0 bridgehead atoms. The smallest absolute Gasteiger partial charge is 0.274 e. The Labute approximate surface area is 160 Å². The van der Waals surface area contributed by atoms with Crippen LogP contribution < -0.4 is 15.0 Å². The first-order chi connectivity index (χ1) is 13.2. The summed E-state index contributed by atoms with van der Waals surface area (Å²) in [6.45, 7) is 5.94. The van der Waals surface area contributed by atoms with Crippen LogP contribution in [0.2, 0.25) is 0 Å². The van der Waals surface area contributed by atoms with Crippen molar-refractivity contribution >= 4 is 17.4 Å². The van der Waals surface area contributed by atoms with Gasteiger partial charge in [-0.05, 0) is 42.8 Å². The number of hydrogen-bond donors (Lipinski definition) is 1. The molecule has 1 aliphatic heterocycles. The van der Waals surface area contributed by atoms with Gasteiger partial charge in [0.25, 0.3) is 5.91 Å². The normalized spacial score (nSPS) is 14.1. The van der Waals surface area contributed by atoms with Crippen molar-refractivity contribution in [3.05, 3.63) is 42.1 Å². The number of aromatic nitrogens is 2. The van der Waals surface area contributed by atoms with Crippen LogP contribution in [0, 0.1) is 0 Å². The third-order valence-corrected chi connectivity index (χ3v) is 4.72. The number of carbonyl (C=O) groups excluding carboxylic acids is 1. The number of rotatable bonds is 7. The van der Waals surface area contributed by atoms with Gasteiger partial charge in [-0.2, -0.15) is 0 Å². The van der Waals surface area contributed by atoms with Gasteiger partial charge in [-0.1, -0.05) is 13.3 Å². The van der Waals surface area contributed by atoms with E-state index in [1.165, 1.54) is 0 Å². The predicted molar refractivity (Wildman–Crippen MR) is 107 cm³/mol. The summed E-state index contributed by atoms with van der Waals surface area (Å²) in [4.78, 5) is 16.8. The highest BCUT2D eigenvalue weighted by Crippen LogP contribution is 2.21. The van der Waals surface area contributed by atoms with Crippen molar-refractivity contribution in [1.82, 2.24) is 15.1 Å². The number of hydrogen-bond acceptors (Lipinski definition) is 6. The second-order valence-corrected chi connectivity index (χ2v) is 6.56. The van der Waals surface area contributed by atoms with Crippen LogP contribution in [0.3, 0.4) is 0 Å². The van der Waals surface area contributed by atoms with Crippen LogP contribution in [-0.2, 0) is 0 Å². The lowest BCUT2D eigenvalue weighted by Crippen LogP contribution is -2.49. The van der Waals surface area contributed by atoms with Crippen LogP contribution in [0.4, 0.5) is 11.5 Å². The van der Waals surface area contributed by atoms with Gasteiger partial charge in [0, 0.05) is 38.4 Å². The monoisotopic (exact) mass is 369 g/mol. The van der Waals surface area contributed by atoms with Crippen molar-refractivity contribution in [2.24, 2.45) is 0 Å². The van der Waals surface area contributed by atoms with Crippen molar-refractivity contribution in [2.45, 2.75) is 19.8 Å². The largest absolute Gasteiger partial charge is 0.497 e. The van der Waals surface area contributed by atoms with Gasteiger partial charge in [0.05, 0.1) is 7.11 Å². The zero-order valence-corrected chi connectivity index (χ0v) is 16.0. The molecule has 7 heteroatoms. The van der Waals surface area contributed by atoms with E-state index in [1.807, 2.05) is 35.2 Å². The standard InChI is InChI=1S/C20H27N5O2/c1-3-4-11-21-19-10-9-18(22-23-19)20(26)25-14-12-24(13-15-25)16-5-7-17(27-2)8-6-16/h5-10H,3-4,11-15H2,1-2H3,(H,21,23). The minimum atomic E-state index is -0.0583. The average molecular weight is 369 g/mol. The molecule has 0 unspecified atom stereocenters. The summed E-state index contributed by atoms with van der Waals surface area (Å²) >= 11 is 0. The number of ether oxygens (including phenoxy) is 1. The van der Waals surface area contributed by atoms with Crippen LogP contribution in [-0.4, -0.2) is 60.8 Å². The maximum Gasteiger partial charge on any atom is 0.274 e. The molecule has 0 radical (unpaired) electrons. The number of unbranched alkanes of at least 4 members (excludes halogenated alkanes) is 1. The zero-order valence-electron chi connectivity index (χ0n) is 16.0. The van der Waals surface area contributed by atoms with Crippen molar-refractivity contribution in [1.29, 1.82) is 0 Å². The van der Waals surface area contributed by atoms with E-state index in [-0.39, 0.29) is 5.91 Å². The number of methoxy groups -OCH3 is 1. The fourth-order valence-electron chi connectivity index (χ4n) is 3.06. The van der Waals surface area contributed by atoms with Gasteiger partial charge in [-0.25, -0.2) is 0 Å². The molecule has 0 aliphatic carbocycles. The second kappa shape index (κ2) is 9.21. The predicted octanol–water partition coefficient (Wildman–Crippen LogP) is 2.66. The Morgan fingerprint density at radius 1 is 1.07 bits per heavy atom. The van der Waals surface area contributed by atoms with E-state index in [2.05, 4.69) is 27.3 Å².